The molecule has 114 valence electrons. The molecule has 0 aliphatic heterocycles. The summed E-state index contributed by atoms with van der Waals surface area (Å²) in [5.41, 5.74) is 2.50. The van der Waals surface area contributed by atoms with Crippen LogP contribution < -0.4 is 0 Å². The summed E-state index contributed by atoms with van der Waals surface area (Å²) in [6.07, 6.45) is 4.33. The summed E-state index contributed by atoms with van der Waals surface area (Å²) in [6.45, 7) is 9.00. The summed E-state index contributed by atoms with van der Waals surface area (Å²) < 4.78 is 0. The summed E-state index contributed by atoms with van der Waals surface area (Å²) >= 11 is 0. The smallest absolute Gasteiger partial charge is 0.126 e. The van der Waals surface area contributed by atoms with Crippen LogP contribution in [0.25, 0.3) is 10.8 Å². The van der Waals surface area contributed by atoms with Crippen molar-refractivity contribution in [3.05, 3.63) is 41.5 Å². The molecule has 0 fully saturated rings. The molecule has 1 nitrogen and oxygen atoms in total. The maximum absolute atomic E-state index is 10.7. The SMILES string of the molecule is CC(C)CCc1cc2ccccc2c(O)c1CCC(C)C. The Balaban J connectivity index is 2.43. The average Bonchev–Trinajstić information content (AvgIpc) is 2.44. The molecular formula is C20H28O. The monoisotopic (exact) mass is 284 g/mol. The van der Waals surface area contributed by atoms with Gasteiger partial charge in [0.2, 0.25) is 0 Å². The second-order valence-corrected chi connectivity index (χ2v) is 6.95. The van der Waals surface area contributed by atoms with Gasteiger partial charge in [-0.25, -0.2) is 0 Å². The average molecular weight is 284 g/mol. The van der Waals surface area contributed by atoms with Crippen molar-refractivity contribution in [1.29, 1.82) is 0 Å². The van der Waals surface area contributed by atoms with E-state index in [9.17, 15) is 5.11 Å². The Bertz CT molecular complexity index is 596. The van der Waals surface area contributed by atoms with Crippen LogP contribution >= 0.6 is 0 Å². The van der Waals surface area contributed by atoms with E-state index in [2.05, 4.69) is 39.8 Å². The highest BCUT2D eigenvalue weighted by Crippen LogP contribution is 2.34. The zero-order valence-corrected chi connectivity index (χ0v) is 13.8. The van der Waals surface area contributed by atoms with Crippen LogP contribution in [0.1, 0.15) is 51.7 Å². The Morgan fingerprint density at radius 3 is 2.19 bits per heavy atom. The van der Waals surface area contributed by atoms with Gasteiger partial charge >= 0.3 is 0 Å². The second kappa shape index (κ2) is 6.98. The van der Waals surface area contributed by atoms with Gasteiger partial charge in [0, 0.05) is 5.39 Å². The molecule has 1 heteroatoms. The van der Waals surface area contributed by atoms with E-state index in [1.54, 1.807) is 0 Å². The van der Waals surface area contributed by atoms with Crippen molar-refractivity contribution in [1.82, 2.24) is 0 Å². The molecule has 0 radical (unpaired) electrons. The fraction of sp³-hybridized carbons (Fsp3) is 0.500. The first kappa shape index (κ1) is 15.9. The van der Waals surface area contributed by atoms with Gasteiger partial charge in [-0.2, -0.15) is 0 Å². The highest BCUT2D eigenvalue weighted by Gasteiger charge is 2.13. The standard InChI is InChI=1S/C20H28O/c1-14(2)9-11-17-13-16-7-5-6-8-18(16)20(21)19(17)12-10-15(3)4/h5-8,13-15,21H,9-12H2,1-4H3. The lowest BCUT2D eigenvalue weighted by Crippen LogP contribution is -2.01. The van der Waals surface area contributed by atoms with Crippen LogP contribution in [0.5, 0.6) is 5.75 Å². The molecule has 0 unspecified atom stereocenters. The first-order valence-electron chi connectivity index (χ1n) is 8.21. The summed E-state index contributed by atoms with van der Waals surface area (Å²) in [5.74, 6) is 1.86. The van der Waals surface area contributed by atoms with Gasteiger partial charge in [0.1, 0.15) is 5.75 Å². The van der Waals surface area contributed by atoms with Crippen molar-refractivity contribution in [3.8, 4) is 5.75 Å². The van der Waals surface area contributed by atoms with Gasteiger partial charge in [-0.05, 0) is 54.0 Å². The number of fused-ring (bicyclic) bond motifs is 1. The molecular weight excluding hydrogens is 256 g/mol. The van der Waals surface area contributed by atoms with E-state index >= 15 is 0 Å². The topological polar surface area (TPSA) is 20.2 Å². The molecule has 0 atom stereocenters. The normalized spacial score (nSPS) is 11.7. The lowest BCUT2D eigenvalue weighted by Gasteiger charge is -2.16. The first-order valence-corrected chi connectivity index (χ1v) is 8.21. The summed E-state index contributed by atoms with van der Waals surface area (Å²) in [7, 11) is 0. The highest BCUT2D eigenvalue weighted by molar-refractivity contribution is 5.90. The van der Waals surface area contributed by atoms with E-state index in [0.29, 0.717) is 17.6 Å². The van der Waals surface area contributed by atoms with Gasteiger partial charge in [0.05, 0.1) is 0 Å². The number of hydrogen-bond acceptors (Lipinski definition) is 1. The number of phenols is 1. The maximum Gasteiger partial charge on any atom is 0.126 e. The van der Waals surface area contributed by atoms with Gasteiger partial charge in [0.15, 0.2) is 0 Å². The number of phenolic OH excluding ortho intramolecular Hbond substituents is 1. The van der Waals surface area contributed by atoms with Gasteiger partial charge in [-0.1, -0.05) is 58.0 Å². The molecule has 0 aliphatic rings. The lowest BCUT2D eigenvalue weighted by molar-refractivity contribution is 0.467. The Morgan fingerprint density at radius 1 is 0.905 bits per heavy atom. The minimum absolute atomic E-state index is 0.507. The molecule has 0 aromatic heterocycles. The maximum atomic E-state index is 10.7. The Hall–Kier alpha value is -1.50. The van der Waals surface area contributed by atoms with Crippen LogP contribution in [-0.2, 0) is 12.8 Å². The lowest BCUT2D eigenvalue weighted by atomic mass is 9.90. The quantitative estimate of drug-likeness (QED) is 0.719. The van der Waals surface area contributed by atoms with Crippen molar-refractivity contribution in [2.45, 2.75) is 53.4 Å². The predicted octanol–water partition coefficient (Wildman–Crippen LogP) is 5.72. The molecule has 2 aromatic rings. The van der Waals surface area contributed by atoms with Gasteiger partial charge in [-0.3, -0.25) is 0 Å². The second-order valence-electron chi connectivity index (χ2n) is 6.95. The largest absolute Gasteiger partial charge is 0.507 e. The van der Waals surface area contributed by atoms with Crippen LogP contribution in [-0.4, -0.2) is 5.11 Å². The molecule has 1 N–H and O–H groups in total. The highest BCUT2D eigenvalue weighted by atomic mass is 16.3. The molecule has 0 saturated carbocycles. The van der Waals surface area contributed by atoms with Gasteiger partial charge in [0.25, 0.3) is 0 Å². The van der Waals surface area contributed by atoms with Crippen LogP contribution in [0.3, 0.4) is 0 Å². The van der Waals surface area contributed by atoms with Crippen molar-refractivity contribution in [3.63, 3.8) is 0 Å². The van der Waals surface area contributed by atoms with E-state index in [0.717, 1.165) is 30.0 Å². The van der Waals surface area contributed by atoms with E-state index in [1.165, 1.54) is 17.5 Å². The Kier molecular flexibility index (Phi) is 5.27. The third-order valence-corrected chi connectivity index (χ3v) is 4.18. The summed E-state index contributed by atoms with van der Waals surface area (Å²) in [6, 6.07) is 10.5. The number of aromatic hydroxyl groups is 1. The van der Waals surface area contributed by atoms with Crippen LogP contribution in [0.2, 0.25) is 0 Å². The van der Waals surface area contributed by atoms with Crippen molar-refractivity contribution < 1.29 is 5.11 Å². The molecule has 0 spiro atoms. The molecule has 2 rings (SSSR count). The predicted molar refractivity (Wildman–Crippen MR) is 91.9 cm³/mol. The molecule has 0 heterocycles. The minimum atomic E-state index is 0.507. The number of hydrogen-bond donors (Lipinski definition) is 1. The zero-order valence-electron chi connectivity index (χ0n) is 13.8. The Morgan fingerprint density at radius 2 is 1.52 bits per heavy atom. The van der Waals surface area contributed by atoms with E-state index < -0.39 is 0 Å². The third kappa shape index (κ3) is 4.00. The van der Waals surface area contributed by atoms with E-state index in [-0.39, 0.29) is 0 Å². The van der Waals surface area contributed by atoms with E-state index in [4.69, 9.17) is 0 Å². The molecule has 0 bridgehead atoms. The molecule has 0 aliphatic carbocycles. The zero-order chi connectivity index (χ0) is 15.4. The third-order valence-electron chi connectivity index (χ3n) is 4.18. The van der Waals surface area contributed by atoms with Crippen LogP contribution in [0.4, 0.5) is 0 Å². The molecule has 0 amide bonds. The fourth-order valence-electron chi connectivity index (χ4n) is 2.81. The molecule has 2 aromatic carbocycles. The minimum Gasteiger partial charge on any atom is -0.507 e. The number of rotatable bonds is 6. The van der Waals surface area contributed by atoms with Crippen LogP contribution in [0, 0.1) is 11.8 Å². The number of aryl methyl sites for hydroxylation is 1. The van der Waals surface area contributed by atoms with Crippen molar-refractivity contribution in [2.24, 2.45) is 11.8 Å². The van der Waals surface area contributed by atoms with E-state index in [1.807, 2.05) is 18.2 Å². The fourth-order valence-corrected chi connectivity index (χ4v) is 2.81. The Labute approximate surface area is 129 Å². The summed E-state index contributed by atoms with van der Waals surface area (Å²) in [4.78, 5) is 0. The molecule has 0 saturated heterocycles. The van der Waals surface area contributed by atoms with Gasteiger partial charge < -0.3 is 5.11 Å². The van der Waals surface area contributed by atoms with Crippen LogP contribution in [0.15, 0.2) is 30.3 Å². The van der Waals surface area contributed by atoms with Crippen molar-refractivity contribution in [2.75, 3.05) is 0 Å². The first-order chi connectivity index (χ1) is 9.99. The molecule has 21 heavy (non-hydrogen) atoms. The summed E-state index contributed by atoms with van der Waals surface area (Å²) in [5, 5.41) is 12.9. The van der Waals surface area contributed by atoms with Crippen molar-refractivity contribution >= 4 is 10.8 Å². The van der Waals surface area contributed by atoms with Gasteiger partial charge in [-0.15, -0.1) is 0 Å². The number of benzene rings is 2.